The Morgan fingerprint density at radius 1 is 1.04 bits per heavy atom. The van der Waals surface area contributed by atoms with Gasteiger partial charge in [0.2, 0.25) is 0 Å². The van der Waals surface area contributed by atoms with E-state index in [1.807, 2.05) is 13.8 Å². The molecular weight excluding hydrogens is 322 g/mol. The Morgan fingerprint density at radius 2 is 1.64 bits per heavy atom. The van der Waals surface area contributed by atoms with Crippen molar-refractivity contribution in [2.24, 2.45) is 5.92 Å². The van der Waals surface area contributed by atoms with Gasteiger partial charge < -0.3 is 21.1 Å². The molecule has 1 fully saturated rings. The number of anilines is 1. The van der Waals surface area contributed by atoms with Crippen LogP contribution in [0.15, 0.2) is 24.3 Å². The van der Waals surface area contributed by atoms with Crippen molar-refractivity contribution in [1.82, 2.24) is 10.6 Å². The van der Waals surface area contributed by atoms with Gasteiger partial charge in [-0.3, -0.25) is 9.59 Å². The molecular formula is C18H25N3O4. The maximum atomic E-state index is 12.3. The van der Waals surface area contributed by atoms with Crippen LogP contribution in [0.5, 0.6) is 0 Å². The number of rotatable bonds is 5. The Morgan fingerprint density at radius 3 is 2.16 bits per heavy atom. The van der Waals surface area contributed by atoms with Gasteiger partial charge >= 0.3 is 12.0 Å². The number of carbonyl (C=O) groups excluding carboxylic acids is 2. The van der Waals surface area contributed by atoms with E-state index in [2.05, 4.69) is 16.0 Å². The second kappa shape index (κ2) is 8.50. The van der Waals surface area contributed by atoms with E-state index in [4.69, 9.17) is 5.11 Å². The third kappa shape index (κ3) is 5.77. The first-order chi connectivity index (χ1) is 11.8. The number of hydrogen-bond acceptors (Lipinski definition) is 3. The van der Waals surface area contributed by atoms with Crippen molar-refractivity contribution in [2.75, 3.05) is 5.32 Å². The SMILES string of the molecule is CC(C)NC(=O)Nc1ccc(C(=O)NC2CCC(C(=O)O)CC2)cc1. The summed E-state index contributed by atoms with van der Waals surface area (Å²) < 4.78 is 0. The fraction of sp³-hybridized carbons (Fsp3) is 0.500. The summed E-state index contributed by atoms with van der Waals surface area (Å²) in [5.74, 6) is -1.23. The predicted octanol–water partition coefficient (Wildman–Crippen LogP) is 2.59. The van der Waals surface area contributed by atoms with Crippen LogP contribution in [0, 0.1) is 5.92 Å². The molecule has 1 saturated carbocycles. The Balaban J connectivity index is 1.84. The lowest BCUT2D eigenvalue weighted by Gasteiger charge is -2.26. The summed E-state index contributed by atoms with van der Waals surface area (Å²) in [6, 6.07) is 6.43. The highest BCUT2D eigenvalue weighted by Crippen LogP contribution is 2.24. The van der Waals surface area contributed by atoms with Crippen LogP contribution in [-0.2, 0) is 4.79 Å². The van der Waals surface area contributed by atoms with E-state index >= 15 is 0 Å². The van der Waals surface area contributed by atoms with E-state index in [1.54, 1.807) is 24.3 Å². The number of nitrogens with one attached hydrogen (secondary N) is 3. The number of carboxylic acid groups (broad SMARTS) is 1. The molecule has 0 spiro atoms. The second-order valence-electron chi connectivity index (χ2n) is 6.69. The van der Waals surface area contributed by atoms with Gasteiger partial charge in [-0.1, -0.05) is 0 Å². The minimum atomic E-state index is -0.755. The fourth-order valence-electron chi connectivity index (χ4n) is 2.89. The molecule has 25 heavy (non-hydrogen) atoms. The van der Waals surface area contributed by atoms with Crippen LogP contribution in [0.4, 0.5) is 10.5 Å². The summed E-state index contributed by atoms with van der Waals surface area (Å²) >= 11 is 0. The van der Waals surface area contributed by atoms with Crippen LogP contribution in [0.1, 0.15) is 49.9 Å². The number of benzene rings is 1. The highest BCUT2D eigenvalue weighted by molar-refractivity contribution is 5.95. The van der Waals surface area contributed by atoms with E-state index in [0.717, 1.165) is 0 Å². The van der Waals surface area contributed by atoms with Crippen molar-refractivity contribution in [3.63, 3.8) is 0 Å². The highest BCUT2D eigenvalue weighted by Gasteiger charge is 2.26. The number of hydrogen-bond donors (Lipinski definition) is 4. The standard InChI is InChI=1S/C18H25N3O4/c1-11(2)19-18(25)21-15-7-3-12(4-8-15)16(22)20-14-9-5-13(6-10-14)17(23)24/h3-4,7-8,11,13-14H,5-6,9-10H2,1-2H3,(H,20,22)(H,23,24)(H2,19,21,25). The molecule has 1 aliphatic carbocycles. The fourth-order valence-corrected chi connectivity index (χ4v) is 2.89. The number of carbonyl (C=O) groups is 3. The molecule has 0 atom stereocenters. The van der Waals surface area contributed by atoms with Gasteiger partial charge in [-0.15, -0.1) is 0 Å². The summed E-state index contributed by atoms with van der Waals surface area (Å²) in [4.78, 5) is 34.9. The van der Waals surface area contributed by atoms with Gasteiger partial charge in [0.25, 0.3) is 5.91 Å². The van der Waals surface area contributed by atoms with E-state index < -0.39 is 5.97 Å². The van der Waals surface area contributed by atoms with Crippen molar-refractivity contribution < 1.29 is 19.5 Å². The first-order valence-electron chi connectivity index (χ1n) is 8.56. The quantitative estimate of drug-likeness (QED) is 0.656. The zero-order valence-electron chi connectivity index (χ0n) is 14.5. The van der Waals surface area contributed by atoms with Crippen molar-refractivity contribution in [2.45, 2.75) is 51.6 Å². The van der Waals surface area contributed by atoms with Gasteiger partial charge in [-0.25, -0.2) is 4.79 Å². The van der Waals surface area contributed by atoms with Crippen molar-refractivity contribution in [3.05, 3.63) is 29.8 Å². The maximum absolute atomic E-state index is 12.3. The Labute approximate surface area is 147 Å². The zero-order valence-corrected chi connectivity index (χ0v) is 14.5. The summed E-state index contributed by atoms with van der Waals surface area (Å²) in [6.07, 6.45) is 2.54. The lowest BCUT2D eigenvalue weighted by Crippen LogP contribution is -2.38. The van der Waals surface area contributed by atoms with Gasteiger partial charge in [0.1, 0.15) is 0 Å². The van der Waals surface area contributed by atoms with Gasteiger partial charge in [-0.2, -0.15) is 0 Å². The zero-order chi connectivity index (χ0) is 18.4. The molecule has 1 aromatic rings. The van der Waals surface area contributed by atoms with Crippen molar-refractivity contribution in [3.8, 4) is 0 Å². The minimum absolute atomic E-state index is 0.0118. The van der Waals surface area contributed by atoms with Crippen LogP contribution in [-0.4, -0.2) is 35.1 Å². The van der Waals surface area contributed by atoms with Crippen LogP contribution in [0.3, 0.4) is 0 Å². The molecule has 0 bridgehead atoms. The molecule has 0 unspecified atom stereocenters. The van der Waals surface area contributed by atoms with E-state index in [1.165, 1.54) is 0 Å². The largest absolute Gasteiger partial charge is 0.481 e. The summed E-state index contributed by atoms with van der Waals surface area (Å²) in [5, 5.41) is 17.4. The van der Waals surface area contributed by atoms with Crippen LogP contribution in [0.25, 0.3) is 0 Å². The molecule has 3 amide bonds. The molecule has 0 saturated heterocycles. The first-order valence-corrected chi connectivity index (χ1v) is 8.56. The predicted molar refractivity (Wildman–Crippen MR) is 94.6 cm³/mol. The molecule has 0 aromatic heterocycles. The average molecular weight is 347 g/mol. The molecule has 4 N–H and O–H groups in total. The van der Waals surface area contributed by atoms with Crippen LogP contribution >= 0.6 is 0 Å². The van der Waals surface area contributed by atoms with Crippen LogP contribution < -0.4 is 16.0 Å². The van der Waals surface area contributed by atoms with Gasteiger partial charge in [-0.05, 0) is 63.8 Å². The van der Waals surface area contributed by atoms with E-state index in [-0.39, 0.29) is 29.9 Å². The topological polar surface area (TPSA) is 108 Å². The number of aliphatic carboxylic acids is 1. The van der Waals surface area contributed by atoms with E-state index in [9.17, 15) is 14.4 Å². The number of urea groups is 1. The minimum Gasteiger partial charge on any atom is -0.481 e. The Hall–Kier alpha value is -2.57. The monoisotopic (exact) mass is 347 g/mol. The van der Waals surface area contributed by atoms with Gasteiger partial charge in [0, 0.05) is 23.3 Å². The van der Waals surface area contributed by atoms with Gasteiger partial charge in [0.05, 0.1) is 5.92 Å². The molecule has 2 rings (SSSR count). The molecule has 7 nitrogen and oxygen atoms in total. The van der Waals surface area contributed by atoms with Crippen LogP contribution in [0.2, 0.25) is 0 Å². The first kappa shape index (κ1) is 18.8. The summed E-state index contributed by atoms with van der Waals surface area (Å²) in [6.45, 7) is 3.74. The molecule has 7 heteroatoms. The third-order valence-corrected chi connectivity index (χ3v) is 4.24. The normalized spacial score (nSPS) is 20.0. The summed E-state index contributed by atoms with van der Waals surface area (Å²) in [7, 11) is 0. The Kier molecular flexibility index (Phi) is 6.38. The van der Waals surface area contributed by atoms with E-state index in [0.29, 0.717) is 36.9 Å². The lowest BCUT2D eigenvalue weighted by molar-refractivity contribution is -0.142. The number of amides is 3. The highest BCUT2D eigenvalue weighted by atomic mass is 16.4. The maximum Gasteiger partial charge on any atom is 0.319 e. The second-order valence-corrected chi connectivity index (χ2v) is 6.69. The molecule has 0 aliphatic heterocycles. The van der Waals surface area contributed by atoms with Crippen molar-refractivity contribution in [1.29, 1.82) is 0 Å². The summed E-state index contributed by atoms with van der Waals surface area (Å²) in [5.41, 5.74) is 1.12. The molecule has 1 aromatic carbocycles. The lowest BCUT2D eigenvalue weighted by atomic mass is 9.86. The average Bonchev–Trinajstić information content (AvgIpc) is 2.55. The van der Waals surface area contributed by atoms with Crippen molar-refractivity contribution >= 4 is 23.6 Å². The Bertz CT molecular complexity index is 620. The third-order valence-electron chi connectivity index (χ3n) is 4.24. The molecule has 1 aliphatic rings. The molecule has 136 valence electrons. The smallest absolute Gasteiger partial charge is 0.319 e. The number of carboxylic acids is 1. The molecule has 0 heterocycles. The molecule has 0 radical (unpaired) electrons. The van der Waals surface area contributed by atoms with Gasteiger partial charge in [0.15, 0.2) is 0 Å².